The van der Waals surface area contributed by atoms with Crippen molar-refractivity contribution in [3.05, 3.63) is 29.6 Å². The number of ether oxygens (including phenoxy) is 1. The molecule has 0 amide bonds. The first-order valence-corrected chi connectivity index (χ1v) is 8.22. The second-order valence-electron chi connectivity index (χ2n) is 7.33. The van der Waals surface area contributed by atoms with Crippen LogP contribution in [0.1, 0.15) is 33.3 Å². The third-order valence-corrected chi connectivity index (χ3v) is 5.10. The molecule has 3 rings (SSSR count). The van der Waals surface area contributed by atoms with Gasteiger partial charge in [-0.05, 0) is 39.2 Å². The van der Waals surface area contributed by atoms with Crippen LogP contribution in [-0.2, 0) is 20.6 Å². The van der Waals surface area contributed by atoms with E-state index in [-0.39, 0.29) is 5.82 Å². The molecular weight excluding hydrogens is 296 g/mol. The van der Waals surface area contributed by atoms with Crippen molar-refractivity contribution >= 4 is 12.6 Å². The quantitative estimate of drug-likeness (QED) is 0.797. The average molecular weight is 321 g/mol. The summed E-state index contributed by atoms with van der Waals surface area (Å²) in [5.41, 5.74) is 0.598. The van der Waals surface area contributed by atoms with Crippen LogP contribution in [0, 0.1) is 5.82 Å². The molecule has 0 radical (unpaired) electrons. The molecule has 126 valence electrons. The van der Waals surface area contributed by atoms with Gasteiger partial charge in [0.1, 0.15) is 5.82 Å². The fourth-order valence-corrected chi connectivity index (χ4v) is 2.82. The third-order valence-electron chi connectivity index (χ3n) is 5.10. The van der Waals surface area contributed by atoms with E-state index >= 15 is 0 Å². The van der Waals surface area contributed by atoms with E-state index in [0.29, 0.717) is 25.3 Å². The molecule has 1 aromatic rings. The highest BCUT2D eigenvalue weighted by Crippen LogP contribution is 2.36. The molecule has 2 saturated heterocycles. The van der Waals surface area contributed by atoms with Crippen LogP contribution in [0.4, 0.5) is 4.39 Å². The van der Waals surface area contributed by atoms with Crippen LogP contribution >= 0.6 is 0 Å². The Labute approximate surface area is 138 Å². The van der Waals surface area contributed by atoms with E-state index in [9.17, 15) is 4.39 Å². The summed E-state index contributed by atoms with van der Waals surface area (Å²) in [4.78, 5) is 2.20. The minimum absolute atomic E-state index is 0.205. The van der Waals surface area contributed by atoms with E-state index in [1.807, 2.05) is 39.8 Å². The Morgan fingerprint density at radius 3 is 2.26 bits per heavy atom. The molecule has 1 aromatic carbocycles. The van der Waals surface area contributed by atoms with Crippen LogP contribution in [0.2, 0.25) is 0 Å². The van der Waals surface area contributed by atoms with Crippen molar-refractivity contribution in [2.45, 2.75) is 45.4 Å². The Balaban J connectivity index is 1.72. The minimum Gasteiger partial charge on any atom is -0.399 e. The molecule has 0 aliphatic carbocycles. The fourth-order valence-electron chi connectivity index (χ4n) is 2.82. The molecule has 2 fully saturated rings. The lowest BCUT2D eigenvalue weighted by molar-refractivity contribution is 0.00578. The van der Waals surface area contributed by atoms with E-state index < -0.39 is 18.3 Å². The van der Waals surface area contributed by atoms with Crippen molar-refractivity contribution in [1.29, 1.82) is 0 Å². The van der Waals surface area contributed by atoms with Crippen molar-refractivity contribution < 1.29 is 18.4 Å². The number of nitrogens with zero attached hydrogens (tertiary/aromatic N) is 1. The predicted molar refractivity (Wildman–Crippen MR) is 88.2 cm³/mol. The standard InChI is InChI=1S/C17H25BFNO3/c1-16(2)17(3,4)23-18(22-16)14-6-5-13(15(19)11-14)12-20-7-9-21-10-8-20/h5-6,11H,7-10,12H2,1-4H3. The Morgan fingerprint density at radius 2 is 1.70 bits per heavy atom. The SMILES string of the molecule is CC1(C)OB(c2ccc(CN3CCOCC3)c(F)c2)OC1(C)C. The second kappa shape index (κ2) is 6.17. The Kier molecular flexibility index (Phi) is 4.53. The van der Waals surface area contributed by atoms with Gasteiger partial charge in [-0.15, -0.1) is 0 Å². The molecule has 0 bridgehead atoms. The van der Waals surface area contributed by atoms with E-state index in [4.69, 9.17) is 14.0 Å². The van der Waals surface area contributed by atoms with Crippen molar-refractivity contribution in [2.75, 3.05) is 26.3 Å². The maximum atomic E-state index is 14.5. The number of rotatable bonds is 3. The van der Waals surface area contributed by atoms with Crippen LogP contribution < -0.4 is 5.46 Å². The van der Waals surface area contributed by atoms with E-state index in [1.54, 1.807) is 0 Å². The zero-order valence-corrected chi connectivity index (χ0v) is 14.4. The summed E-state index contributed by atoms with van der Waals surface area (Å²) in [6, 6.07) is 5.28. The highest BCUT2D eigenvalue weighted by atomic mass is 19.1. The molecule has 0 unspecified atom stereocenters. The van der Waals surface area contributed by atoms with Crippen molar-refractivity contribution in [3.63, 3.8) is 0 Å². The molecule has 2 aliphatic heterocycles. The summed E-state index contributed by atoms with van der Waals surface area (Å²) in [6.07, 6.45) is 0. The maximum absolute atomic E-state index is 14.5. The van der Waals surface area contributed by atoms with Crippen LogP contribution in [0.5, 0.6) is 0 Å². The predicted octanol–water partition coefficient (Wildman–Crippen LogP) is 1.96. The van der Waals surface area contributed by atoms with Gasteiger partial charge in [-0.2, -0.15) is 0 Å². The lowest BCUT2D eigenvalue weighted by Crippen LogP contribution is -2.41. The normalized spacial score (nSPS) is 24.1. The summed E-state index contributed by atoms with van der Waals surface area (Å²) >= 11 is 0. The Morgan fingerprint density at radius 1 is 1.09 bits per heavy atom. The van der Waals surface area contributed by atoms with Gasteiger partial charge in [0, 0.05) is 25.2 Å². The van der Waals surface area contributed by atoms with Gasteiger partial charge < -0.3 is 14.0 Å². The topological polar surface area (TPSA) is 30.9 Å². The molecule has 2 heterocycles. The van der Waals surface area contributed by atoms with E-state index in [2.05, 4.69) is 4.90 Å². The summed E-state index contributed by atoms with van der Waals surface area (Å²) in [5, 5.41) is 0. The van der Waals surface area contributed by atoms with Crippen molar-refractivity contribution in [2.24, 2.45) is 0 Å². The fraction of sp³-hybridized carbons (Fsp3) is 0.647. The summed E-state index contributed by atoms with van der Waals surface area (Å²) < 4.78 is 31.8. The maximum Gasteiger partial charge on any atom is 0.494 e. The molecular formula is C17H25BFNO3. The van der Waals surface area contributed by atoms with Crippen LogP contribution in [0.3, 0.4) is 0 Å². The second-order valence-corrected chi connectivity index (χ2v) is 7.33. The highest BCUT2D eigenvalue weighted by Gasteiger charge is 2.51. The number of benzene rings is 1. The first kappa shape index (κ1) is 16.9. The summed E-state index contributed by atoms with van der Waals surface area (Å²) in [5.74, 6) is -0.205. The third kappa shape index (κ3) is 3.45. The molecule has 6 heteroatoms. The smallest absolute Gasteiger partial charge is 0.399 e. The zero-order chi connectivity index (χ0) is 16.7. The van der Waals surface area contributed by atoms with Gasteiger partial charge >= 0.3 is 7.12 Å². The molecule has 2 aliphatic rings. The number of hydrogen-bond donors (Lipinski definition) is 0. The van der Waals surface area contributed by atoms with Gasteiger partial charge in [0.25, 0.3) is 0 Å². The molecule has 0 spiro atoms. The lowest BCUT2D eigenvalue weighted by atomic mass is 9.78. The highest BCUT2D eigenvalue weighted by molar-refractivity contribution is 6.62. The first-order valence-electron chi connectivity index (χ1n) is 8.22. The van der Waals surface area contributed by atoms with Crippen LogP contribution in [0.25, 0.3) is 0 Å². The Hall–Kier alpha value is -0.945. The lowest BCUT2D eigenvalue weighted by Gasteiger charge is -2.32. The molecule has 0 atom stereocenters. The van der Waals surface area contributed by atoms with Crippen molar-refractivity contribution in [3.8, 4) is 0 Å². The van der Waals surface area contributed by atoms with Gasteiger partial charge in [-0.3, -0.25) is 4.90 Å². The number of morpholine rings is 1. The van der Waals surface area contributed by atoms with Crippen LogP contribution in [0.15, 0.2) is 18.2 Å². The van der Waals surface area contributed by atoms with E-state index in [1.165, 1.54) is 6.07 Å². The molecule has 0 N–H and O–H groups in total. The molecule has 4 nitrogen and oxygen atoms in total. The van der Waals surface area contributed by atoms with Gasteiger partial charge in [0.2, 0.25) is 0 Å². The Bertz CT molecular complexity index is 557. The largest absolute Gasteiger partial charge is 0.494 e. The number of halogens is 1. The zero-order valence-electron chi connectivity index (χ0n) is 14.4. The van der Waals surface area contributed by atoms with Crippen LogP contribution in [-0.4, -0.2) is 49.5 Å². The van der Waals surface area contributed by atoms with Crippen molar-refractivity contribution in [1.82, 2.24) is 4.90 Å². The van der Waals surface area contributed by atoms with E-state index in [0.717, 1.165) is 18.6 Å². The van der Waals surface area contributed by atoms with Gasteiger partial charge in [0.05, 0.1) is 24.4 Å². The van der Waals surface area contributed by atoms with Gasteiger partial charge in [-0.25, -0.2) is 4.39 Å². The molecule has 23 heavy (non-hydrogen) atoms. The monoisotopic (exact) mass is 321 g/mol. The molecule has 0 saturated carbocycles. The number of hydrogen-bond acceptors (Lipinski definition) is 4. The average Bonchev–Trinajstić information content (AvgIpc) is 2.71. The summed E-state index contributed by atoms with van der Waals surface area (Å²) in [6.45, 7) is 11.7. The van der Waals surface area contributed by atoms with Gasteiger partial charge in [-0.1, -0.05) is 12.1 Å². The first-order chi connectivity index (χ1) is 10.8. The molecule has 0 aromatic heterocycles. The summed E-state index contributed by atoms with van der Waals surface area (Å²) in [7, 11) is -0.521. The van der Waals surface area contributed by atoms with Gasteiger partial charge in [0.15, 0.2) is 0 Å². The minimum atomic E-state index is -0.521.